The number of rotatable bonds is 4. The van der Waals surface area contributed by atoms with Crippen LogP contribution in [0.25, 0.3) is 10.8 Å². The van der Waals surface area contributed by atoms with Crippen LogP contribution in [0.2, 0.25) is 0 Å². The highest BCUT2D eigenvalue weighted by atomic mass is 16.3. The van der Waals surface area contributed by atoms with Gasteiger partial charge in [0.2, 0.25) is 0 Å². The molecule has 0 amide bonds. The molecule has 2 aromatic carbocycles. The summed E-state index contributed by atoms with van der Waals surface area (Å²) in [5.41, 5.74) is 3.23. The van der Waals surface area contributed by atoms with Crippen molar-refractivity contribution in [2.45, 2.75) is 40.5 Å². The lowest BCUT2D eigenvalue weighted by molar-refractivity contribution is -0.121. The SMILES string of the molecule is Cc1cc2ccc(C)c(CCC(=O)C(C)C)c2cc1O. The van der Waals surface area contributed by atoms with E-state index < -0.39 is 0 Å². The average Bonchev–Trinajstić information content (AvgIpc) is 2.39. The van der Waals surface area contributed by atoms with Gasteiger partial charge in [0.1, 0.15) is 11.5 Å². The van der Waals surface area contributed by atoms with Crippen molar-refractivity contribution in [3.63, 3.8) is 0 Å². The summed E-state index contributed by atoms with van der Waals surface area (Å²) in [7, 11) is 0. The van der Waals surface area contributed by atoms with Gasteiger partial charge in [-0.05, 0) is 59.9 Å². The molecule has 106 valence electrons. The normalized spacial score (nSPS) is 11.2. The maximum absolute atomic E-state index is 11.8. The molecular formula is C18H22O2. The Morgan fingerprint density at radius 3 is 2.50 bits per heavy atom. The van der Waals surface area contributed by atoms with Gasteiger partial charge in [0.25, 0.3) is 0 Å². The van der Waals surface area contributed by atoms with E-state index in [0.29, 0.717) is 12.2 Å². The summed E-state index contributed by atoms with van der Waals surface area (Å²) in [5.74, 6) is 0.693. The lowest BCUT2D eigenvalue weighted by Crippen LogP contribution is -2.08. The number of hydrogen-bond donors (Lipinski definition) is 1. The lowest BCUT2D eigenvalue weighted by atomic mass is 9.93. The van der Waals surface area contributed by atoms with Crippen LogP contribution < -0.4 is 0 Å². The number of Topliss-reactive ketones (excluding diaryl/α,β-unsaturated/α-hetero) is 1. The van der Waals surface area contributed by atoms with Crippen molar-refractivity contribution < 1.29 is 9.90 Å². The molecule has 0 atom stereocenters. The number of hydrogen-bond acceptors (Lipinski definition) is 2. The predicted molar refractivity (Wildman–Crippen MR) is 83.3 cm³/mol. The van der Waals surface area contributed by atoms with Crippen LogP contribution in [0.15, 0.2) is 24.3 Å². The van der Waals surface area contributed by atoms with Gasteiger partial charge in [-0.1, -0.05) is 26.0 Å². The first kappa shape index (κ1) is 14.6. The molecule has 20 heavy (non-hydrogen) atoms. The summed E-state index contributed by atoms with van der Waals surface area (Å²) in [6.07, 6.45) is 1.30. The van der Waals surface area contributed by atoms with E-state index in [2.05, 4.69) is 19.1 Å². The van der Waals surface area contributed by atoms with E-state index in [9.17, 15) is 9.90 Å². The van der Waals surface area contributed by atoms with Crippen molar-refractivity contribution >= 4 is 16.6 Å². The fourth-order valence-corrected chi connectivity index (χ4v) is 2.51. The maximum Gasteiger partial charge on any atom is 0.135 e. The summed E-state index contributed by atoms with van der Waals surface area (Å²) in [5, 5.41) is 12.1. The number of fused-ring (bicyclic) bond motifs is 1. The number of carbonyl (C=O) groups excluding carboxylic acids is 1. The molecule has 0 aliphatic carbocycles. The van der Waals surface area contributed by atoms with Gasteiger partial charge in [-0.2, -0.15) is 0 Å². The molecule has 0 bridgehead atoms. The predicted octanol–water partition coefficient (Wildman–Crippen LogP) is 4.32. The highest BCUT2D eigenvalue weighted by Gasteiger charge is 2.11. The van der Waals surface area contributed by atoms with Gasteiger partial charge in [0, 0.05) is 12.3 Å². The fourth-order valence-electron chi connectivity index (χ4n) is 2.51. The van der Waals surface area contributed by atoms with Crippen LogP contribution in [-0.2, 0) is 11.2 Å². The third-order valence-corrected chi connectivity index (χ3v) is 3.95. The van der Waals surface area contributed by atoms with Gasteiger partial charge in [0.05, 0.1) is 0 Å². The number of aromatic hydroxyl groups is 1. The van der Waals surface area contributed by atoms with Gasteiger partial charge >= 0.3 is 0 Å². The van der Waals surface area contributed by atoms with Crippen LogP contribution in [0.3, 0.4) is 0 Å². The van der Waals surface area contributed by atoms with Crippen LogP contribution in [0.5, 0.6) is 5.75 Å². The minimum absolute atomic E-state index is 0.0842. The first-order valence-electron chi connectivity index (χ1n) is 7.14. The third kappa shape index (κ3) is 2.84. The molecule has 2 nitrogen and oxygen atoms in total. The molecule has 2 rings (SSSR count). The number of ketones is 1. The Morgan fingerprint density at radius 1 is 1.15 bits per heavy atom. The molecule has 0 fully saturated rings. The molecule has 0 aliphatic heterocycles. The van der Waals surface area contributed by atoms with Gasteiger partial charge in [0.15, 0.2) is 0 Å². The van der Waals surface area contributed by atoms with Crippen LogP contribution >= 0.6 is 0 Å². The molecule has 1 N–H and O–H groups in total. The first-order valence-corrected chi connectivity index (χ1v) is 7.14. The molecule has 0 saturated heterocycles. The van der Waals surface area contributed by atoms with Crippen LogP contribution in [0.4, 0.5) is 0 Å². The molecule has 0 spiro atoms. The lowest BCUT2D eigenvalue weighted by Gasteiger charge is -2.12. The van der Waals surface area contributed by atoms with E-state index in [1.165, 1.54) is 11.1 Å². The molecule has 0 saturated carbocycles. The molecule has 0 aliphatic rings. The van der Waals surface area contributed by atoms with E-state index >= 15 is 0 Å². The minimum Gasteiger partial charge on any atom is -0.508 e. The summed E-state index contributed by atoms with van der Waals surface area (Å²) in [6, 6.07) is 7.99. The Kier molecular flexibility index (Phi) is 4.12. The average molecular weight is 270 g/mol. The zero-order valence-corrected chi connectivity index (χ0v) is 12.7. The van der Waals surface area contributed by atoms with E-state index in [0.717, 1.165) is 22.8 Å². The fraction of sp³-hybridized carbons (Fsp3) is 0.389. The second-order valence-corrected chi connectivity index (χ2v) is 5.84. The highest BCUT2D eigenvalue weighted by Crippen LogP contribution is 2.29. The van der Waals surface area contributed by atoms with Crippen molar-refractivity contribution in [1.29, 1.82) is 0 Å². The number of phenols is 1. The molecule has 2 aromatic rings. The first-order chi connectivity index (χ1) is 9.40. The standard InChI is InChI=1S/C18H22O2/c1-11(2)17(19)8-7-15-12(3)5-6-14-9-13(4)18(20)10-16(14)15/h5-6,9-11,20H,7-8H2,1-4H3. The maximum atomic E-state index is 11.8. The Morgan fingerprint density at radius 2 is 1.85 bits per heavy atom. The van der Waals surface area contributed by atoms with Gasteiger partial charge < -0.3 is 5.11 Å². The molecule has 0 unspecified atom stereocenters. The molecular weight excluding hydrogens is 248 g/mol. The molecule has 2 heteroatoms. The van der Waals surface area contributed by atoms with Gasteiger partial charge in [-0.15, -0.1) is 0 Å². The molecule has 0 aromatic heterocycles. The summed E-state index contributed by atoms with van der Waals surface area (Å²) in [6.45, 7) is 7.84. The Balaban J connectivity index is 2.43. The Bertz CT molecular complexity index is 654. The largest absolute Gasteiger partial charge is 0.508 e. The van der Waals surface area contributed by atoms with E-state index in [-0.39, 0.29) is 11.7 Å². The number of aryl methyl sites for hydroxylation is 3. The Labute approximate surface area is 120 Å². The van der Waals surface area contributed by atoms with E-state index in [1.54, 1.807) is 0 Å². The van der Waals surface area contributed by atoms with E-state index in [4.69, 9.17) is 0 Å². The topological polar surface area (TPSA) is 37.3 Å². The quantitative estimate of drug-likeness (QED) is 0.898. The summed E-state index contributed by atoms with van der Waals surface area (Å²) in [4.78, 5) is 11.8. The number of phenolic OH excluding ortho intramolecular Hbond substituents is 1. The highest BCUT2D eigenvalue weighted by molar-refractivity contribution is 5.89. The number of carbonyl (C=O) groups is 1. The second kappa shape index (κ2) is 5.66. The number of benzene rings is 2. The van der Waals surface area contributed by atoms with Crippen molar-refractivity contribution in [2.24, 2.45) is 5.92 Å². The zero-order valence-electron chi connectivity index (χ0n) is 12.7. The summed E-state index contributed by atoms with van der Waals surface area (Å²) >= 11 is 0. The van der Waals surface area contributed by atoms with Crippen LogP contribution in [0, 0.1) is 19.8 Å². The van der Waals surface area contributed by atoms with Crippen LogP contribution in [-0.4, -0.2) is 10.9 Å². The van der Waals surface area contributed by atoms with Crippen molar-refractivity contribution in [1.82, 2.24) is 0 Å². The third-order valence-electron chi connectivity index (χ3n) is 3.95. The zero-order chi connectivity index (χ0) is 14.9. The monoisotopic (exact) mass is 270 g/mol. The second-order valence-electron chi connectivity index (χ2n) is 5.84. The van der Waals surface area contributed by atoms with Crippen molar-refractivity contribution in [3.8, 4) is 5.75 Å². The van der Waals surface area contributed by atoms with E-state index in [1.807, 2.05) is 32.9 Å². The molecule has 0 heterocycles. The Hall–Kier alpha value is -1.83. The molecule has 0 radical (unpaired) electrons. The minimum atomic E-state index is 0.0842. The van der Waals surface area contributed by atoms with Crippen molar-refractivity contribution in [2.75, 3.05) is 0 Å². The smallest absolute Gasteiger partial charge is 0.135 e. The van der Waals surface area contributed by atoms with Gasteiger partial charge in [-0.3, -0.25) is 4.79 Å². The summed E-state index contributed by atoms with van der Waals surface area (Å²) < 4.78 is 0. The van der Waals surface area contributed by atoms with Crippen LogP contribution in [0.1, 0.15) is 37.0 Å². The van der Waals surface area contributed by atoms with Crippen molar-refractivity contribution in [3.05, 3.63) is 41.0 Å². The van der Waals surface area contributed by atoms with Gasteiger partial charge in [-0.25, -0.2) is 0 Å².